The summed E-state index contributed by atoms with van der Waals surface area (Å²) in [5, 5.41) is 3.37. The largest absolute Gasteiger partial charge is 0.380 e. The van der Waals surface area contributed by atoms with Crippen molar-refractivity contribution in [3.05, 3.63) is 20.3 Å². The Morgan fingerprint density at radius 2 is 2.18 bits per heavy atom. The molecular weight excluding hydrogens is 298 g/mol. The minimum Gasteiger partial charge on any atom is -0.380 e. The van der Waals surface area contributed by atoms with Crippen LogP contribution in [-0.4, -0.2) is 26.3 Å². The summed E-state index contributed by atoms with van der Waals surface area (Å²) >= 11 is 5.30. The van der Waals surface area contributed by atoms with Crippen LogP contribution in [0.2, 0.25) is 0 Å². The zero-order valence-corrected chi connectivity index (χ0v) is 13.3. The Morgan fingerprint density at radius 1 is 1.41 bits per heavy atom. The third kappa shape index (κ3) is 6.55. The molecule has 0 saturated heterocycles. The molecule has 0 amide bonds. The average molecular weight is 320 g/mol. The molecule has 0 atom stereocenters. The topological polar surface area (TPSA) is 21.3 Å². The first-order valence-corrected chi connectivity index (χ1v) is 7.74. The molecule has 0 bridgehead atoms. The number of hydrogen-bond donors (Lipinski definition) is 1. The van der Waals surface area contributed by atoms with Crippen LogP contribution in [0.25, 0.3) is 0 Å². The zero-order chi connectivity index (χ0) is 12.7. The van der Waals surface area contributed by atoms with Gasteiger partial charge in [0, 0.05) is 11.4 Å². The van der Waals surface area contributed by atoms with Gasteiger partial charge < -0.3 is 10.1 Å². The van der Waals surface area contributed by atoms with Crippen molar-refractivity contribution in [1.29, 1.82) is 0 Å². The predicted molar refractivity (Wildman–Crippen MR) is 79.0 cm³/mol. The van der Waals surface area contributed by atoms with E-state index in [1.807, 2.05) is 0 Å². The molecule has 0 aliphatic heterocycles. The molecule has 0 aliphatic rings. The van der Waals surface area contributed by atoms with Gasteiger partial charge in [-0.3, -0.25) is 0 Å². The van der Waals surface area contributed by atoms with Crippen molar-refractivity contribution in [2.45, 2.75) is 27.2 Å². The summed E-state index contributed by atoms with van der Waals surface area (Å²) in [7, 11) is 0. The third-order valence-corrected chi connectivity index (χ3v) is 4.08. The van der Waals surface area contributed by atoms with Crippen LogP contribution in [0, 0.1) is 12.8 Å². The van der Waals surface area contributed by atoms with Crippen LogP contribution in [0.5, 0.6) is 0 Å². The Bertz CT molecular complexity index is 325. The van der Waals surface area contributed by atoms with Gasteiger partial charge in [-0.25, -0.2) is 0 Å². The summed E-state index contributed by atoms with van der Waals surface area (Å²) in [4.78, 5) is 1.39. The lowest BCUT2D eigenvalue weighted by molar-refractivity contribution is 0.138. The predicted octanol–water partition coefficient (Wildman–Crippen LogP) is 3.62. The summed E-state index contributed by atoms with van der Waals surface area (Å²) in [6.45, 7) is 10.2. The molecule has 0 fully saturated rings. The van der Waals surface area contributed by atoms with Crippen molar-refractivity contribution < 1.29 is 4.74 Å². The lowest BCUT2D eigenvalue weighted by atomic mass is 10.2. The molecule has 1 N–H and O–H groups in total. The van der Waals surface area contributed by atoms with Crippen LogP contribution in [0.3, 0.4) is 0 Å². The number of thiophene rings is 1. The maximum atomic E-state index is 5.61. The van der Waals surface area contributed by atoms with Crippen molar-refractivity contribution in [1.82, 2.24) is 5.32 Å². The highest BCUT2D eigenvalue weighted by Crippen LogP contribution is 2.26. The number of halogens is 1. The minimum absolute atomic E-state index is 0.709. The highest BCUT2D eigenvalue weighted by Gasteiger charge is 2.03. The highest BCUT2D eigenvalue weighted by molar-refractivity contribution is 9.11. The van der Waals surface area contributed by atoms with E-state index < -0.39 is 0 Å². The van der Waals surface area contributed by atoms with Gasteiger partial charge in [0.25, 0.3) is 0 Å². The fourth-order valence-corrected chi connectivity index (χ4v) is 3.34. The van der Waals surface area contributed by atoms with Gasteiger partial charge >= 0.3 is 0 Å². The van der Waals surface area contributed by atoms with Crippen molar-refractivity contribution in [3.63, 3.8) is 0 Å². The van der Waals surface area contributed by atoms with Gasteiger partial charge in [0.1, 0.15) is 0 Å². The van der Waals surface area contributed by atoms with E-state index in [1.54, 1.807) is 11.3 Å². The molecule has 0 saturated carbocycles. The van der Waals surface area contributed by atoms with Gasteiger partial charge in [-0.15, -0.1) is 11.3 Å². The highest BCUT2D eigenvalue weighted by atomic mass is 79.9. The molecule has 0 spiro atoms. The Morgan fingerprint density at radius 3 is 2.76 bits per heavy atom. The molecule has 1 heterocycles. The van der Waals surface area contributed by atoms with Crippen molar-refractivity contribution in [3.8, 4) is 0 Å². The fraction of sp³-hybridized carbons (Fsp3) is 0.692. The second kappa shape index (κ2) is 8.25. The lowest BCUT2D eigenvalue weighted by Gasteiger charge is -2.07. The van der Waals surface area contributed by atoms with Crippen molar-refractivity contribution >= 4 is 27.3 Å². The third-order valence-electron chi connectivity index (χ3n) is 2.48. The Labute approximate surface area is 117 Å². The van der Waals surface area contributed by atoms with Crippen LogP contribution in [0.1, 0.15) is 24.3 Å². The lowest BCUT2D eigenvalue weighted by Crippen LogP contribution is -2.24. The Kier molecular flexibility index (Phi) is 7.35. The summed E-state index contributed by atoms with van der Waals surface area (Å²) in [5.41, 5.74) is 1.40. The Hall–Kier alpha value is 0.1000. The number of rotatable bonds is 8. The molecule has 0 radical (unpaired) electrons. The van der Waals surface area contributed by atoms with E-state index in [-0.39, 0.29) is 0 Å². The van der Waals surface area contributed by atoms with E-state index >= 15 is 0 Å². The number of aryl methyl sites for hydroxylation is 1. The first-order chi connectivity index (χ1) is 8.09. The van der Waals surface area contributed by atoms with E-state index in [0.29, 0.717) is 5.92 Å². The molecule has 17 heavy (non-hydrogen) atoms. The van der Waals surface area contributed by atoms with E-state index in [4.69, 9.17) is 4.74 Å². The van der Waals surface area contributed by atoms with Crippen LogP contribution >= 0.6 is 27.3 Å². The second-order valence-corrected chi connectivity index (χ2v) is 7.23. The van der Waals surface area contributed by atoms with Crippen LogP contribution in [0.15, 0.2) is 9.85 Å². The summed E-state index contributed by atoms with van der Waals surface area (Å²) in [6, 6.07) is 2.19. The van der Waals surface area contributed by atoms with E-state index in [9.17, 15) is 0 Å². The first kappa shape index (κ1) is 15.2. The second-order valence-electron chi connectivity index (χ2n) is 4.59. The van der Waals surface area contributed by atoms with E-state index in [0.717, 1.165) is 32.7 Å². The molecule has 0 unspecified atom stereocenters. The van der Waals surface area contributed by atoms with Crippen molar-refractivity contribution in [2.24, 2.45) is 5.92 Å². The SMILES string of the molecule is Cc1sc(Br)cc1CCOCCNCC(C)C. The average Bonchev–Trinajstić information content (AvgIpc) is 2.55. The van der Waals surface area contributed by atoms with Gasteiger partial charge in [-0.1, -0.05) is 13.8 Å². The van der Waals surface area contributed by atoms with Crippen LogP contribution < -0.4 is 5.32 Å². The molecule has 0 aliphatic carbocycles. The molecule has 1 aromatic rings. The van der Waals surface area contributed by atoms with Crippen LogP contribution in [0.4, 0.5) is 0 Å². The van der Waals surface area contributed by atoms with Gasteiger partial charge in [0.15, 0.2) is 0 Å². The smallest absolute Gasteiger partial charge is 0.0704 e. The molecule has 4 heteroatoms. The molecular formula is C13H22BrNOS. The molecule has 98 valence electrons. The maximum absolute atomic E-state index is 5.61. The normalized spacial score (nSPS) is 11.4. The number of nitrogens with one attached hydrogen (secondary N) is 1. The molecule has 1 rings (SSSR count). The van der Waals surface area contributed by atoms with E-state index in [2.05, 4.69) is 48.1 Å². The summed E-state index contributed by atoms with van der Waals surface area (Å²) in [6.07, 6.45) is 1.01. The standard InChI is InChI=1S/C13H22BrNOS/c1-10(2)9-15-5-7-16-6-4-12-8-13(14)17-11(12)3/h8,10,15H,4-7,9H2,1-3H3. The quantitative estimate of drug-likeness (QED) is 0.739. The van der Waals surface area contributed by atoms with Crippen LogP contribution in [-0.2, 0) is 11.2 Å². The van der Waals surface area contributed by atoms with Gasteiger partial charge in [-0.05, 0) is 53.4 Å². The van der Waals surface area contributed by atoms with Gasteiger partial charge in [0.2, 0.25) is 0 Å². The zero-order valence-electron chi connectivity index (χ0n) is 10.9. The maximum Gasteiger partial charge on any atom is 0.0704 e. The van der Waals surface area contributed by atoms with Gasteiger partial charge in [0.05, 0.1) is 17.0 Å². The first-order valence-electron chi connectivity index (χ1n) is 6.13. The fourth-order valence-electron chi connectivity index (χ4n) is 1.55. The van der Waals surface area contributed by atoms with Gasteiger partial charge in [-0.2, -0.15) is 0 Å². The minimum atomic E-state index is 0.709. The van der Waals surface area contributed by atoms with Crippen molar-refractivity contribution in [2.75, 3.05) is 26.3 Å². The monoisotopic (exact) mass is 319 g/mol. The molecule has 2 nitrogen and oxygen atoms in total. The number of hydrogen-bond acceptors (Lipinski definition) is 3. The number of ether oxygens (including phenoxy) is 1. The summed E-state index contributed by atoms with van der Waals surface area (Å²) < 4.78 is 6.82. The Balaban J connectivity index is 2.03. The summed E-state index contributed by atoms with van der Waals surface area (Å²) in [5.74, 6) is 0.709. The molecule has 1 aromatic heterocycles. The van der Waals surface area contributed by atoms with E-state index in [1.165, 1.54) is 14.2 Å². The molecule has 0 aromatic carbocycles.